The molecule has 0 radical (unpaired) electrons. The Balaban J connectivity index is 1.56. The van der Waals surface area contributed by atoms with Crippen LogP contribution in [0.15, 0.2) is 24.7 Å². The summed E-state index contributed by atoms with van der Waals surface area (Å²) in [5.74, 6) is 0.978. The number of pyridine rings is 1. The molecule has 2 amide bonds. The number of hydrogen-bond donors (Lipinski definition) is 2. The van der Waals surface area contributed by atoms with Crippen LogP contribution in [0.5, 0.6) is 0 Å². The van der Waals surface area contributed by atoms with E-state index in [1.165, 1.54) is 0 Å². The van der Waals surface area contributed by atoms with E-state index in [4.69, 9.17) is 0 Å². The average molecular weight is 272 g/mol. The highest BCUT2D eigenvalue weighted by Crippen LogP contribution is 2.12. The minimum Gasteiger partial charge on any atom is -0.333 e. The molecule has 0 saturated heterocycles. The minimum absolute atomic E-state index is 0.0719. The molecular formula is C13H16N6O. The second kappa shape index (κ2) is 5.28. The molecule has 3 rings (SSSR count). The van der Waals surface area contributed by atoms with Crippen molar-refractivity contribution in [3.05, 3.63) is 36.2 Å². The van der Waals surface area contributed by atoms with Gasteiger partial charge >= 0.3 is 6.03 Å². The zero-order valence-corrected chi connectivity index (χ0v) is 11.2. The summed E-state index contributed by atoms with van der Waals surface area (Å²) >= 11 is 0. The Morgan fingerprint density at radius 1 is 1.40 bits per heavy atom. The molecule has 1 aliphatic rings. The van der Waals surface area contributed by atoms with Gasteiger partial charge in [-0.2, -0.15) is 5.10 Å². The molecule has 3 heterocycles. The lowest BCUT2D eigenvalue weighted by atomic mass is 10.1. The number of urea groups is 1. The smallest absolute Gasteiger partial charge is 0.319 e. The summed E-state index contributed by atoms with van der Waals surface area (Å²) in [4.78, 5) is 20.2. The number of nitrogens with zero attached hydrogens (tertiary/aromatic N) is 4. The van der Waals surface area contributed by atoms with E-state index < -0.39 is 0 Å². The van der Waals surface area contributed by atoms with E-state index >= 15 is 0 Å². The Morgan fingerprint density at radius 2 is 2.30 bits per heavy atom. The lowest BCUT2D eigenvalue weighted by Gasteiger charge is -2.23. The van der Waals surface area contributed by atoms with Gasteiger partial charge in [-0.3, -0.25) is 4.98 Å². The summed E-state index contributed by atoms with van der Waals surface area (Å²) in [6.45, 7) is 2.57. The van der Waals surface area contributed by atoms with Gasteiger partial charge in [0, 0.05) is 12.1 Å². The SMILES string of the molecule is Cc1ccc(NC(=O)NC2CCc3ncnn3C2)cn1. The van der Waals surface area contributed by atoms with Crippen molar-refractivity contribution >= 4 is 11.7 Å². The van der Waals surface area contributed by atoms with E-state index in [1.807, 2.05) is 23.7 Å². The number of fused-ring (bicyclic) bond motifs is 1. The fourth-order valence-corrected chi connectivity index (χ4v) is 2.25. The lowest BCUT2D eigenvalue weighted by Crippen LogP contribution is -2.43. The highest BCUT2D eigenvalue weighted by Gasteiger charge is 2.21. The van der Waals surface area contributed by atoms with Crippen molar-refractivity contribution < 1.29 is 4.79 Å². The normalized spacial score (nSPS) is 17.4. The Kier molecular flexibility index (Phi) is 3.32. The zero-order valence-electron chi connectivity index (χ0n) is 11.2. The Morgan fingerprint density at radius 3 is 3.10 bits per heavy atom. The van der Waals surface area contributed by atoms with E-state index in [2.05, 4.69) is 25.7 Å². The van der Waals surface area contributed by atoms with E-state index in [-0.39, 0.29) is 12.1 Å². The van der Waals surface area contributed by atoms with Gasteiger partial charge in [-0.25, -0.2) is 14.5 Å². The van der Waals surface area contributed by atoms with Crippen molar-refractivity contribution in [3.8, 4) is 0 Å². The number of carbonyl (C=O) groups excluding carboxylic acids is 1. The lowest BCUT2D eigenvalue weighted by molar-refractivity contribution is 0.243. The predicted octanol–water partition coefficient (Wildman–Crippen LogP) is 1.12. The first kappa shape index (κ1) is 12.6. The van der Waals surface area contributed by atoms with Crippen molar-refractivity contribution in [1.82, 2.24) is 25.1 Å². The van der Waals surface area contributed by atoms with Gasteiger partial charge in [-0.05, 0) is 25.5 Å². The summed E-state index contributed by atoms with van der Waals surface area (Å²) in [6.07, 6.45) is 4.90. The van der Waals surface area contributed by atoms with Crippen LogP contribution in [-0.2, 0) is 13.0 Å². The maximum atomic E-state index is 11.9. The topological polar surface area (TPSA) is 84.7 Å². The second-order valence-corrected chi connectivity index (χ2v) is 4.88. The van der Waals surface area contributed by atoms with Gasteiger partial charge in [-0.1, -0.05) is 0 Å². The molecule has 7 heteroatoms. The van der Waals surface area contributed by atoms with E-state index in [1.54, 1.807) is 12.5 Å². The van der Waals surface area contributed by atoms with Crippen molar-refractivity contribution in [2.75, 3.05) is 5.32 Å². The summed E-state index contributed by atoms with van der Waals surface area (Å²) in [7, 11) is 0. The number of amides is 2. The maximum absolute atomic E-state index is 11.9. The molecule has 7 nitrogen and oxygen atoms in total. The first-order valence-corrected chi connectivity index (χ1v) is 6.57. The van der Waals surface area contributed by atoms with Crippen LogP contribution in [0.1, 0.15) is 17.9 Å². The highest BCUT2D eigenvalue weighted by atomic mass is 16.2. The number of anilines is 1. The van der Waals surface area contributed by atoms with E-state index in [0.717, 1.165) is 24.4 Å². The molecule has 0 fully saturated rings. The van der Waals surface area contributed by atoms with Gasteiger partial charge in [0.2, 0.25) is 0 Å². The van der Waals surface area contributed by atoms with Crippen LogP contribution in [0.2, 0.25) is 0 Å². The average Bonchev–Trinajstić information content (AvgIpc) is 2.89. The molecule has 2 N–H and O–H groups in total. The molecule has 1 unspecified atom stereocenters. The molecule has 1 atom stereocenters. The minimum atomic E-state index is -0.218. The summed E-state index contributed by atoms with van der Waals surface area (Å²) < 4.78 is 1.84. The van der Waals surface area contributed by atoms with E-state index in [0.29, 0.717) is 12.2 Å². The van der Waals surface area contributed by atoms with Crippen LogP contribution >= 0.6 is 0 Å². The maximum Gasteiger partial charge on any atom is 0.319 e. The van der Waals surface area contributed by atoms with Crippen molar-refractivity contribution in [2.45, 2.75) is 32.4 Å². The first-order valence-electron chi connectivity index (χ1n) is 6.57. The molecule has 0 spiro atoms. The Labute approximate surface area is 116 Å². The zero-order chi connectivity index (χ0) is 13.9. The van der Waals surface area contributed by atoms with Crippen LogP contribution < -0.4 is 10.6 Å². The largest absolute Gasteiger partial charge is 0.333 e. The summed E-state index contributed by atoms with van der Waals surface area (Å²) in [6, 6.07) is 3.54. The van der Waals surface area contributed by atoms with Crippen LogP contribution in [0.3, 0.4) is 0 Å². The number of rotatable bonds is 2. The van der Waals surface area contributed by atoms with Crippen LogP contribution in [-0.4, -0.2) is 31.8 Å². The first-order chi connectivity index (χ1) is 9.70. The van der Waals surface area contributed by atoms with Gasteiger partial charge in [0.15, 0.2) is 0 Å². The fourth-order valence-electron chi connectivity index (χ4n) is 2.25. The highest BCUT2D eigenvalue weighted by molar-refractivity contribution is 5.89. The van der Waals surface area contributed by atoms with E-state index in [9.17, 15) is 4.79 Å². The molecule has 104 valence electrons. The Hall–Kier alpha value is -2.44. The fraction of sp³-hybridized carbons (Fsp3) is 0.385. The van der Waals surface area contributed by atoms with Gasteiger partial charge < -0.3 is 10.6 Å². The monoisotopic (exact) mass is 272 g/mol. The third kappa shape index (κ3) is 2.76. The standard InChI is InChI=1S/C13H16N6O/c1-9-2-3-10(6-14-9)17-13(20)18-11-4-5-12-15-8-16-19(12)7-11/h2-3,6,8,11H,4-5,7H2,1H3,(H2,17,18,20). The third-order valence-electron chi connectivity index (χ3n) is 3.31. The number of hydrogen-bond acceptors (Lipinski definition) is 4. The van der Waals surface area contributed by atoms with Crippen LogP contribution in [0, 0.1) is 6.92 Å². The number of aryl methyl sites for hydroxylation is 2. The van der Waals surface area contributed by atoms with Gasteiger partial charge in [-0.15, -0.1) is 0 Å². The molecular weight excluding hydrogens is 256 g/mol. The molecule has 0 saturated carbocycles. The van der Waals surface area contributed by atoms with Gasteiger partial charge in [0.25, 0.3) is 0 Å². The molecule has 0 aromatic carbocycles. The second-order valence-electron chi connectivity index (χ2n) is 4.88. The molecule has 0 aliphatic carbocycles. The number of aromatic nitrogens is 4. The summed E-state index contributed by atoms with van der Waals surface area (Å²) in [5, 5.41) is 9.85. The molecule has 1 aliphatic heterocycles. The van der Waals surface area contributed by atoms with Crippen molar-refractivity contribution in [3.63, 3.8) is 0 Å². The van der Waals surface area contributed by atoms with Crippen molar-refractivity contribution in [1.29, 1.82) is 0 Å². The number of carbonyl (C=O) groups is 1. The van der Waals surface area contributed by atoms with Gasteiger partial charge in [0.1, 0.15) is 12.2 Å². The molecule has 0 bridgehead atoms. The van der Waals surface area contributed by atoms with Crippen LogP contribution in [0.25, 0.3) is 0 Å². The quantitative estimate of drug-likeness (QED) is 0.858. The number of nitrogens with one attached hydrogen (secondary N) is 2. The molecule has 20 heavy (non-hydrogen) atoms. The van der Waals surface area contributed by atoms with Gasteiger partial charge in [0.05, 0.1) is 24.5 Å². The van der Waals surface area contributed by atoms with Crippen molar-refractivity contribution in [2.24, 2.45) is 0 Å². The molecule has 2 aromatic heterocycles. The predicted molar refractivity (Wildman–Crippen MR) is 73.3 cm³/mol. The third-order valence-corrected chi connectivity index (χ3v) is 3.31. The summed E-state index contributed by atoms with van der Waals surface area (Å²) in [5.41, 5.74) is 1.60. The Bertz CT molecular complexity index is 606. The van der Waals surface area contributed by atoms with Crippen LogP contribution in [0.4, 0.5) is 10.5 Å². The molecule has 2 aromatic rings.